The lowest BCUT2D eigenvalue weighted by Crippen LogP contribution is -2.37. The van der Waals surface area contributed by atoms with E-state index in [4.69, 9.17) is 4.42 Å². The predicted molar refractivity (Wildman–Crippen MR) is 82.3 cm³/mol. The van der Waals surface area contributed by atoms with Gasteiger partial charge in [-0.25, -0.2) is 0 Å². The first-order valence-corrected chi connectivity index (χ1v) is 7.50. The topological polar surface area (TPSA) is 62.6 Å². The molecule has 0 spiro atoms. The molecule has 1 aromatic heterocycles. The molecule has 1 rings (SSSR count). The van der Waals surface area contributed by atoms with Crippen molar-refractivity contribution in [3.8, 4) is 0 Å². The molecule has 0 bridgehead atoms. The predicted octanol–water partition coefficient (Wildman–Crippen LogP) is 2.66. The Labute approximate surface area is 126 Å². The Hall–Kier alpha value is -1.78. The lowest BCUT2D eigenvalue weighted by molar-refractivity contribution is -0.121. The van der Waals surface area contributed by atoms with Gasteiger partial charge in [-0.2, -0.15) is 0 Å². The number of carbonyl (C=O) groups excluding carboxylic acids is 2. The molecule has 2 amide bonds. The zero-order valence-corrected chi connectivity index (χ0v) is 13.7. The third kappa shape index (κ3) is 5.25. The molecular weight excluding hydrogens is 268 g/mol. The van der Waals surface area contributed by atoms with Crippen LogP contribution in [0.15, 0.2) is 10.5 Å². The average molecular weight is 294 g/mol. The number of nitrogens with one attached hydrogen (secondary N) is 1. The van der Waals surface area contributed by atoms with Crippen molar-refractivity contribution in [1.82, 2.24) is 10.2 Å². The second-order valence-corrected chi connectivity index (χ2v) is 5.59. The molecule has 0 aliphatic rings. The van der Waals surface area contributed by atoms with E-state index in [0.29, 0.717) is 30.8 Å². The molecule has 0 aliphatic heterocycles. The van der Waals surface area contributed by atoms with Gasteiger partial charge >= 0.3 is 0 Å². The first-order chi connectivity index (χ1) is 9.85. The van der Waals surface area contributed by atoms with Crippen LogP contribution in [0.3, 0.4) is 0 Å². The summed E-state index contributed by atoms with van der Waals surface area (Å²) in [5.74, 6) is 1.26. The van der Waals surface area contributed by atoms with Gasteiger partial charge in [-0.1, -0.05) is 6.92 Å². The average Bonchev–Trinajstić information content (AvgIpc) is 2.72. The van der Waals surface area contributed by atoms with E-state index in [1.807, 2.05) is 27.7 Å². The standard InChI is InChI=1S/C16H26N2O3/c1-6-8-18(9-7-15(19)17-11(2)3)16(20)14-10-12(4)21-13(14)5/h10-11H,6-9H2,1-5H3,(H,17,19). The van der Waals surface area contributed by atoms with Crippen LogP contribution in [0.2, 0.25) is 0 Å². The van der Waals surface area contributed by atoms with Crippen molar-refractivity contribution in [3.63, 3.8) is 0 Å². The van der Waals surface area contributed by atoms with Gasteiger partial charge in [0.25, 0.3) is 5.91 Å². The summed E-state index contributed by atoms with van der Waals surface area (Å²) in [6.07, 6.45) is 1.17. The largest absolute Gasteiger partial charge is 0.466 e. The minimum Gasteiger partial charge on any atom is -0.466 e. The van der Waals surface area contributed by atoms with E-state index >= 15 is 0 Å². The van der Waals surface area contributed by atoms with Crippen LogP contribution >= 0.6 is 0 Å². The summed E-state index contributed by atoms with van der Waals surface area (Å²) in [5, 5.41) is 2.84. The van der Waals surface area contributed by atoms with Gasteiger partial charge in [0.2, 0.25) is 5.91 Å². The minimum atomic E-state index is -0.0662. The maximum atomic E-state index is 12.5. The Morgan fingerprint density at radius 1 is 1.29 bits per heavy atom. The fourth-order valence-electron chi connectivity index (χ4n) is 2.23. The highest BCUT2D eigenvalue weighted by molar-refractivity contribution is 5.95. The molecule has 1 heterocycles. The summed E-state index contributed by atoms with van der Waals surface area (Å²) in [5.41, 5.74) is 0.588. The second kappa shape index (κ2) is 7.86. The maximum absolute atomic E-state index is 12.5. The van der Waals surface area contributed by atoms with Crippen LogP contribution in [0, 0.1) is 13.8 Å². The summed E-state index contributed by atoms with van der Waals surface area (Å²) >= 11 is 0. The van der Waals surface area contributed by atoms with E-state index in [1.54, 1.807) is 17.9 Å². The number of hydrogen-bond acceptors (Lipinski definition) is 3. The van der Waals surface area contributed by atoms with E-state index in [1.165, 1.54) is 0 Å². The number of amides is 2. The molecule has 0 radical (unpaired) electrons. The van der Waals surface area contributed by atoms with E-state index in [9.17, 15) is 9.59 Å². The molecule has 1 N–H and O–H groups in total. The highest BCUT2D eigenvalue weighted by Crippen LogP contribution is 2.16. The highest BCUT2D eigenvalue weighted by atomic mass is 16.3. The number of furan rings is 1. The molecular formula is C16H26N2O3. The van der Waals surface area contributed by atoms with E-state index in [-0.39, 0.29) is 17.9 Å². The Kier molecular flexibility index (Phi) is 6.46. The third-order valence-corrected chi connectivity index (χ3v) is 3.11. The zero-order valence-electron chi connectivity index (χ0n) is 13.7. The molecule has 21 heavy (non-hydrogen) atoms. The van der Waals surface area contributed by atoms with Crippen molar-refractivity contribution >= 4 is 11.8 Å². The van der Waals surface area contributed by atoms with Crippen LogP contribution in [-0.4, -0.2) is 35.8 Å². The number of rotatable bonds is 7. The van der Waals surface area contributed by atoms with Crippen molar-refractivity contribution in [2.45, 2.75) is 53.5 Å². The molecule has 0 aliphatic carbocycles. The summed E-state index contributed by atoms with van der Waals surface area (Å²) in [7, 11) is 0. The third-order valence-electron chi connectivity index (χ3n) is 3.11. The highest BCUT2D eigenvalue weighted by Gasteiger charge is 2.20. The minimum absolute atomic E-state index is 0.0287. The Morgan fingerprint density at radius 3 is 2.43 bits per heavy atom. The van der Waals surface area contributed by atoms with Gasteiger partial charge in [0, 0.05) is 25.6 Å². The first kappa shape index (κ1) is 17.3. The SMILES string of the molecule is CCCN(CCC(=O)NC(C)C)C(=O)c1cc(C)oc1C. The normalized spacial score (nSPS) is 10.8. The number of aryl methyl sites for hydroxylation is 2. The molecule has 0 fully saturated rings. The quantitative estimate of drug-likeness (QED) is 0.841. The van der Waals surface area contributed by atoms with Crippen molar-refractivity contribution in [1.29, 1.82) is 0 Å². The molecule has 0 aromatic carbocycles. The van der Waals surface area contributed by atoms with Crippen LogP contribution in [-0.2, 0) is 4.79 Å². The molecule has 1 aromatic rings. The fourth-order valence-corrected chi connectivity index (χ4v) is 2.23. The van der Waals surface area contributed by atoms with Gasteiger partial charge in [-0.3, -0.25) is 9.59 Å². The second-order valence-electron chi connectivity index (χ2n) is 5.59. The van der Waals surface area contributed by atoms with Crippen LogP contribution < -0.4 is 5.32 Å². The summed E-state index contributed by atoms with van der Waals surface area (Å²) in [6, 6.07) is 1.88. The molecule has 0 saturated carbocycles. The van der Waals surface area contributed by atoms with Crippen molar-refractivity contribution in [3.05, 3.63) is 23.2 Å². The molecule has 0 saturated heterocycles. The number of hydrogen-bond donors (Lipinski definition) is 1. The van der Waals surface area contributed by atoms with Gasteiger partial charge < -0.3 is 14.6 Å². The smallest absolute Gasteiger partial charge is 0.257 e. The molecule has 5 heteroatoms. The lowest BCUT2D eigenvalue weighted by Gasteiger charge is -2.22. The number of carbonyl (C=O) groups is 2. The van der Waals surface area contributed by atoms with Crippen molar-refractivity contribution in [2.24, 2.45) is 0 Å². The Bertz CT molecular complexity index is 492. The molecule has 118 valence electrons. The lowest BCUT2D eigenvalue weighted by atomic mass is 10.2. The van der Waals surface area contributed by atoms with E-state index in [2.05, 4.69) is 5.32 Å². The monoisotopic (exact) mass is 294 g/mol. The van der Waals surface area contributed by atoms with Crippen LogP contribution in [0.1, 0.15) is 55.5 Å². The molecule has 0 atom stereocenters. The van der Waals surface area contributed by atoms with Crippen LogP contribution in [0.4, 0.5) is 0 Å². The summed E-state index contributed by atoms with van der Waals surface area (Å²) < 4.78 is 5.42. The van der Waals surface area contributed by atoms with Crippen LogP contribution in [0.25, 0.3) is 0 Å². The van der Waals surface area contributed by atoms with Crippen molar-refractivity contribution in [2.75, 3.05) is 13.1 Å². The van der Waals surface area contributed by atoms with E-state index in [0.717, 1.165) is 12.2 Å². The maximum Gasteiger partial charge on any atom is 0.257 e. The van der Waals surface area contributed by atoms with E-state index < -0.39 is 0 Å². The molecule has 5 nitrogen and oxygen atoms in total. The van der Waals surface area contributed by atoms with Crippen molar-refractivity contribution < 1.29 is 14.0 Å². The van der Waals surface area contributed by atoms with Gasteiger partial charge in [0.1, 0.15) is 11.5 Å². The van der Waals surface area contributed by atoms with Gasteiger partial charge in [-0.15, -0.1) is 0 Å². The zero-order chi connectivity index (χ0) is 16.0. The van der Waals surface area contributed by atoms with Gasteiger partial charge in [-0.05, 0) is 40.2 Å². The first-order valence-electron chi connectivity index (χ1n) is 7.50. The molecule has 0 unspecified atom stereocenters. The summed E-state index contributed by atoms with van der Waals surface area (Å²) in [6.45, 7) is 10.5. The van der Waals surface area contributed by atoms with Gasteiger partial charge in [0.05, 0.1) is 5.56 Å². The van der Waals surface area contributed by atoms with Gasteiger partial charge in [0.15, 0.2) is 0 Å². The fraction of sp³-hybridized carbons (Fsp3) is 0.625. The summed E-state index contributed by atoms with van der Waals surface area (Å²) in [4.78, 5) is 26.0. The van der Waals surface area contributed by atoms with Crippen LogP contribution in [0.5, 0.6) is 0 Å². The number of nitrogens with zero attached hydrogens (tertiary/aromatic N) is 1. The Morgan fingerprint density at radius 2 is 1.95 bits per heavy atom. The Balaban J connectivity index is 2.70.